The summed E-state index contributed by atoms with van der Waals surface area (Å²) in [6.07, 6.45) is 1.47. The van der Waals surface area contributed by atoms with Crippen LogP contribution in [0, 0.1) is 0 Å². The molecule has 4 rings (SSSR count). The van der Waals surface area contributed by atoms with Gasteiger partial charge in [0.05, 0.1) is 16.9 Å². The van der Waals surface area contributed by atoms with Gasteiger partial charge in [-0.05, 0) is 12.1 Å². The Balaban J connectivity index is 1.81. The number of pyridine rings is 2. The van der Waals surface area contributed by atoms with Crippen LogP contribution in [-0.4, -0.2) is 21.7 Å². The average Bonchev–Trinajstić information content (AvgIpc) is 2.52. The van der Waals surface area contributed by atoms with Crippen LogP contribution in [0.4, 0.5) is 0 Å². The van der Waals surface area contributed by atoms with Crippen LogP contribution in [0.1, 0.15) is 24.2 Å². The Morgan fingerprint density at radius 3 is 2.70 bits per heavy atom. The lowest BCUT2D eigenvalue weighted by Gasteiger charge is -2.31. The van der Waals surface area contributed by atoms with Crippen LogP contribution in [0.5, 0.6) is 5.75 Å². The molecule has 0 unspecified atom stereocenters. The maximum atomic E-state index is 12.0. The quantitative estimate of drug-likeness (QED) is 0.643. The number of cyclic esters (lactones) is 1. The zero-order valence-corrected chi connectivity index (χ0v) is 12.7. The first-order chi connectivity index (χ1) is 11.0. The number of ether oxygens (including phenoxy) is 2. The van der Waals surface area contributed by atoms with Crippen molar-refractivity contribution in [2.24, 2.45) is 0 Å². The highest BCUT2D eigenvalue weighted by atomic mass is 16.7. The fourth-order valence-electron chi connectivity index (χ4n) is 2.59. The van der Waals surface area contributed by atoms with Gasteiger partial charge >= 0.3 is 5.97 Å². The lowest BCUT2D eigenvalue weighted by atomic mass is 10.1. The summed E-state index contributed by atoms with van der Waals surface area (Å²) in [4.78, 5) is 20.9. The van der Waals surface area contributed by atoms with Gasteiger partial charge in [0, 0.05) is 31.5 Å². The van der Waals surface area contributed by atoms with E-state index in [1.54, 1.807) is 19.9 Å². The van der Waals surface area contributed by atoms with E-state index < -0.39 is 11.8 Å². The molecule has 0 bridgehead atoms. The monoisotopic (exact) mass is 306 g/mol. The first-order valence-corrected chi connectivity index (χ1v) is 7.30. The third-order valence-electron chi connectivity index (χ3n) is 3.64. The lowest BCUT2D eigenvalue weighted by Crippen LogP contribution is -2.38. The molecule has 0 fully saturated rings. The molecule has 5 nitrogen and oxygen atoms in total. The van der Waals surface area contributed by atoms with Gasteiger partial charge < -0.3 is 9.47 Å². The SMILES string of the molecule is CC1(C)OC(=O)c2cnc(-c3ccc4ccccc4n3)cc2O1. The molecule has 0 radical (unpaired) electrons. The zero-order chi connectivity index (χ0) is 16.0. The number of esters is 1. The molecule has 1 aromatic carbocycles. The summed E-state index contributed by atoms with van der Waals surface area (Å²) < 4.78 is 10.9. The van der Waals surface area contributed by atoms with Crippen molar-refractivity contribution in [2.45, 2.75) is 19.6 Å². The molecular weight excluding hydrogens is 292 g/mol. The van der Waals surface area contributed by atoms with Gasteiger partial charge in [0.1, 0.15) is 11.3 Å². The third kappa shape index (κ3) is 2.40. The lowest BCUT2D eigenvalue weighted by molar-refractivity contribution is -0.127. The van der Waals surface area contributed by atoms with Crippen molar-refractivity contribution in [3.63, 3.8) is 0 Å². The number of hydrogen-bond acceptors (Lipinski definition) is 5. The summed E-state index contributed by atoms with van der Waals surface area (Å²) in [5.74, 6) is -0.951. The minimum absolute atomic E-state index is 0.328. The molecule has 3 heterocycles. The number of carbonyl (C=O) groups excluding carboxylic acids is 1. The van der Waals surface area contributed by atoms with Crippen LogP contribution in [-0.2, 0) is 4.74 Å². The van der Waals surface area contributed by atoms with Gasteiger partial charge in [-0.3, -0.25) is 4.98 Å². The number of carbonyl (C=O) groups is 1. The van der Waals surface area contributed by atoms with E-state index in [1.807, 2.05) is 36.4 Å². The smallest absolute Gasteiger partial charge is 0.346 e. The van der Waals surface area contributed by atoms with Gasteiger partial charge in [-0.2, -0.15) is 0 Å². The fourth-order valence-corrected chi connectivity index (χ4v) is 2.59. The summed E-state index contributed by atoms with van der Waals surface area (Å²) in [6, 6.07) is 13.5. The van der Waals surface area contributed by atoms with Crippen molar-refractivity contribution in [2.75, 3.05) is 0 Å². The Bertz CT molecular complexity index is 934. The van der Waals surface area contributed by atoms with Gasteiger partial charge in [0.15, 0.2) is 0 Å². The number of aromatic nitrogens is 2. The normalized spacial score (nSPS) is 15.7. The van der Waals surface area contributed by atoms with Crippen LogP contribution >= 0.6 is 0 Å². The van der Waals surface area contributed by atoms with Crippen LogP contribution < -0.4 is 4.74 Å². The Labute approximate surface area is 132 Å². The molecule has 23 heavy (non-hydrogen) atoms. The average molecular weight is 306 g/mol. The van der Waals surface area contributed by atoms with Crippen molar-refractivity contribution in [3.8, 4) is 17.1 Å². The number of benzene rings is 1. The minimum Gasteiger partial charge on any atom is -0.452 e. The van der Waals surface area contributed by atoms with E-state index in [4.69, 9.17) is 9.47 Å². The van der Waals surface area contributed by atoms with Gasteiger partial charge in [-0.25, -0.2) is 9.78 Å². The van der Waals surface area contributed by atoms with Crippen molar-refractivity contribution in [3.05, 3.63) is 54.2 Å². The maximum absolute atomic E-state index is 12.0. The highest BCUT2D eigenvalue weighted by Gasteiger charge is 2.34. The molecule has 2 aromatic heterocycles. The van der Waals surface area contributed by atoms with Gasteiger partial charge in [-0.1, -0.05) is 24.3 Å². The number of nitrogens with zero attached hydrogens (tertiary/aromatic N) is 2. The van der Waals surface area contributed by atoms with E-state index in [0.717, 1.165) is 16.6 Å². The van der Waals surface area contributed by atoms with E-state index in [2.05, 4.69) is 9.97 Å². The van der Waals surface area contributed by atoms with Crippen LogP contribution in [0.3, 0.4) is 0 Å². The van der Waals surface area contributed by atoms with Crippen molar-refractivity contribution >= 4 is 16.9 Å². The molecule has 0 aliphatic carbocycles. The summed E-state index contributed by atoms with van der Waals surface area (Å²) in [5.41, 5.74) is 2.60. The zero-order valence-electron chi connectivity index (χ0n) is 12.7. The fraction of sp³-hybridized carbons (Fsp3) is 0.167. The predicted octanol–water partition coefficient (Wildman–Crippen LogP) is 3.58. The molecule has 3 aromatic rings. The van der Waals surface area contributed by atoms with Crippen molar-refractivity contribution in [1.29, 1.82) is 0 Å². The maximum Gasteiger partial charge on any atom is 0.346 e. The molecule has 0 atom stereocenters. The summed E-state index contributed by atoms with van der Waals surface area (Å²) >= 11 is 0. The van der Waals surface area contributed by atoms with Crippen molar-refractivity contribution in [1.82, 2.24) is 9.97 Å². The number of fused-ring (bicyclic) bond motifs is 2. The Kier molecular flexibility index (Phi) is 2.84. The van der Waals surface area contributed by atoms with Crippen LogP contribution in [0.2, 0.25) is 0 Å². The first-order valence-electron chi connectivity index (χ1n) is 7.30. The van der Waals surface area contributed by atoms with Gasteiger partial charge in [0.25, 0.3) is 0 Å². The molecule has 0 N–H and O–H groups in total. The Hall–Kier alpha value is -2.95. The predicted molar refractivity (Wildman–Crippen MR) is 85.1 cm³/mol. The molecule has 1 aliphatic heterocycles. The van der Waals surface area contributed by atoms with Crippen LogP contribution in [0.15, 0.2) is 48.7 Å². The summed E-state index contributed by atoms with van der Waals surface area (Å²) in [7, 11) is 0. The third-order valence-corrected chi connectivity index (χ3v) is 3.64. The van der Waals surface area contributed by atoms with Gasteiger partial charge in [-0.15, -0.1) is 0 Å². The van der Waals surface area contributed by atoms with E-state index in [-0.39, 0.29) is 0 Å². The largest absolute Gasteiger partial charge is 0.452 e. The number of hydrogen-bond donors (Lipinski definition) is 0. The van der Waals surface area contributed by atoms with Crippen molar-refractivity contribution < 1.29 is 14.3 Å². The molecule has 1 aliphatic rings. The van der Waals surface area contributed by atoms with E-state index in [1.165, 1.54) is 6.20 Å². The molecule has 0 saturated carbocycles. The Morgan fingerprint density at radius 2 is 1.83 bits per heavy atom. The number of rotatable bonds is 1. The Morgan fingerprint density at radius 1 is 1.00 bits per heavy atom. The van der Waals surface area contributed by atoms with E-state index in [9.17, 15) is 4.79 Å². The second-order valence-electron chi connectivity index (χ2n) is 5.85. The standard InChI is InChI=1S/C18H14N2O3/c1-18(2)22-16-9-15(19-10-12(16)17(21)23-18)14-8-7-11-5-3-4-6-13(11)20-14/h3-10H,1-2H3. The first kappa shape index (κ1) is 13.7. The highest BCUT2D eigenvalue weighted by molar-refractivity contribution is 5.94. The second-order valence-corrected chi connectivity index (χ2v) is 5.85. The minimum atomic E-state index is -0.987. The van der Waals surface area contributed by atoms with Gasteiger partial charge in [0.2, 0.25) is 5.79 Å². The molecule has 0 saturated heterocycles. The summed E-state index contributed by atoms with van der Waals surface area (Å²) in [6.45, 7) is 3.39. The molecule has 0 amide bonds. The van der Waals surface area contributed by atoms with E-state index in [0.29, 0.717) is 17.0 Å². The second kappa shape index (κ2) is 4.78. The topological polar surface area (TPSA) is 61.3 Å². The van der Waals surface area contributed by atoms with E-state index >= 15 is 0 Å². The highest BCUT2D eigenvalue weighted by Crippen LogP contribution is 2.33. The molecule has 0 spiro atoms. The van der Waals surface area contributed by atoms with Crippen LogP contribution in [0.25, 0.3) is 22.3 Å². The number of para-hydroxylation sites is 1. The molecule has 5 heteroatoms. The molecular formula is C18H14N2O3. The summed E-state index contributed by atoms with van der Waals surface area (Å²) in [5, 5.41) is 1.06. The molecule has 114 valence electrons.